The summed E-state index contributed by atoms with van der Waals surface area (Å²) in [6.45, 7) is 2.62. The van der Waals surface area contributed by atoms with Gasteiger partial charge in [0.1, 0.15) is 0 Å². The van der Waals surface area contributed by atoms with Gasteiger partial charge in [-0.05, 0) is 26.2 Å². The van der Waals surface area contributed by atoms with Gasteiger partial charge in [-0.15, -0.1) is 0 Å². The summed E-state index contributed by atoms with van der Waals surface area (Å²) in [7, 11) is 0. The lowest BCUT2D eigenvalue weighted by Gasteiger charge is -2.05. The fourth-order valence-electron chi connectivity index (χ4n) is 0.980. The van der Waals surface area contributed by atoms with Gasteiger partial charge in [-0.2, -0.15) is 0 Å². The van der Waals surface area contributed by atoms with Crippen LogP contribution in [0.25, 0.3) is 0 Å². The summed E-state index contributed by atoms with van der Waals surface area (Å²) in [6.07, 6.45) is 2.88. The van der Waals surface area contributed by atoms with E-state index in [0.29, 0.717) is 19.4 Å². The number of nitrogens with two attached hydrogens (primary N) is 1. The Morgan fingerprint density at radius 3 is 2.77 bits per heavy atom. The van der Waals surface area contributed by atoms with E-state index >= 15 is 0 Å². The summed E-state index contributed by atoms with van der Waals surface area (Å²) < 4.78 is 0. The second-order valence-electron chi connectivity index (χ2n) is 3.30. The van der Waals surface area contributed by atoms with Gasteiger partial charge in [-0.3, -0.25) is 4.79 Å². The van der Waals surface area contributed by atoms with Crippen molar-refractivity contribution in [2.24, 2.45) is 5.73 Å². The second kappa shape index (κ2) is 8.01. The van der Waals surface area contributed by atoms with Gasteiger partial charge in [0.2, 0.25) is 5.91 Å². The molecule has 0 fully saturated rings. The molecule has 1 unspecified atom stereocenters. The Morgan fingerprint density at radius 2 is 2.23 bits per heavy atom. The van der Waals surface area contributed by atoms with Crippen molar-refractivity contribution < 1.29 is 9.90 Å². The molecular weight excluding hydrogens is 168 g/mol. The quantitative estimate of drug-likeness (QED) is 0.492. The average Bonchev–Trinajstić information content (AvgIpc) is 2.04. The maximum Gasteiger partial charge on any atom is 0.219 e. The summed E-state index contributed by atoms with van der Waals surface area (Å²) >= 11 is 0. The topological polar surface area (TPSA) is 75.4 Å². The van der Waals surface area contributed by atoms with Gasteiger partial charge in [-0.1, -0.05) is 0 Å². The number of rotatable bonds is 7. The normalized spacial score (nSPS) is 12.5. The van der Waals surface area contributed by atoms with E-state index in [4.69, 9.17) is 10.8 Å². The third-order valence-electron chi connectivity index (χ3n) is 1.72. The molecule has 1 atom stereocenters. The first-order valence-electron chi connectivity index (χ1n) is 4.80. The van der Waals surface area contributed by atoms with E-state index in [-0.39, 0.29) is 18.6 Å². The second-order valence-corrected chi connectivity index (χ2v) is 3.30. The van der Waals surface area contributed by atoms with Crippen molar-refractivity contribution in [3.05, 3.63) is 0 Å². The SMILES string of the molecule is CC(N)CCCC(=O)NCCCO. The Hall–Kier alpha value is -0.610. The van der Waals surface area contributed by atoms with Gasteiger partial charge in [0.25, 0.3) is 0 Å². The zero-order valence-corrected chi connectivity index (χ0v) is 8.25. The molecule has 4 heteroatoms. The molecule has 0 aromatic heterocycles. The van der Waals surface area contributed by atoms with Crippen LogP contribution in [0.2, 0.25) is 0 Å². The third-order valence-corrected chi connectivity index (χ3v) is 1.72. The summed E-state index contributed by atoms with van der Waals surface area (Å²) in [4.78, 5) is 11.1. The molecule has 0 saturated carbocycles. The first-order chi connectivity index (χ1) is 6.16. The number of hydrogen-bond acceptors (Lipinski definition) is 3. The highest BCUT2D eigenvalue weighted by Gasteiger charge is 2.01. The molecular formula is C9H20N2O2. The van der Waals surface area contributed by atoms with Crippen LogP contribution in [0.3, 0.4) is 0 Å². The Morgan fingerprint density at radius 1 is 1.54 bits per heavy atom. The van der Waals surface area contributed by atoms with Crippen LogP contribution in [0.5, 0.6) is 0 Å². The molecule has 4 N–H and O–H groups in total. The van der Waals surface area contributed by atoms with Crippen molar-refractivity contribution in [1.29, 1.82) is 0 Å². The van der Waals surface area contributed by atoms with Crippen molar-refractivity contribution in [3.63, 3.8) is 0 Å². The van der Waals surface area contributed by atoms with Crippen LogP contribution >= 0.6 is 0 Å². The molecule has 0 aliphatic carbocycles. The molecule has 0 bridgehead atoms. The summed E-state index contributed by atoms with van der Waals surface area (Å²) in [5.41, 5.74) is 5.54. The average molecular weight is 188 g/mol. The number of aliphatic hydroxyl groups excluding tert-OH is 1. The minimum atomic E-state index is 0.0501. The van der Waals surface area contributed by atoms with E-state index in [1.54, 1.807) is 0 Å². The van der Waals surface area contributed by atoms with E-state index in [1.807, 2.05) is 6.92 Å². The van der Waals surface area contributed by atoms with E-state index in [2.05, 4.69) is 5.32 Å². The van der Waals surface area contributed by atoms with E-state index < -0.39 is 0 Å². The number of carbonyl (C=O) groups excluding carboxylic acids is 1. The van der Waals surface area contributed by atoms with Crippen LogP contribution in [-0.4, -0.2) is 30.2 Å². The number of nitrogens with one attached hydrogen (secondary N) is 1. The highest BCUT2D eigenvalue weighted by molar-refractivity contribution is 5.75. The Labute approximate surface area is 79.5 Å². The first kappa shape index (κ1) is 12.4. The van der Waals surface area contributed by atoms with E-state index in [1.165, 1.54) is 0 Å². The number of hydrogen-bond donors (Lipinski definition) is 3. The zero-order valence-electron chi connectivity index (χ0n) is 8.25. The molecule has 0 aromatic rings. The highest BCUT2D eigenvalue weighted by atomic mass is 16.3. The smallest absolute Gasteiger partial charge is 0.219 e. The monoisotopic (exact) mass is 188 g/mol. The Balaban J connectivity index is 3.20. The van der Waals surface area contributed by atoms with Gasteiger partial charge in [0.15, 0.2) is 0 Å². The van der Waals surface area contributed by atoms with Gasteiger partial charge in [0.05, 0.1) is 0 Å². The van der Waals surface area contributed by atoms with Crippen molar-refractivity contribution in [2.75, 3.05) is 13.2 Å². The third kappa shape index (κ3) is 9.30. The number of aliphatic hydroxyl groups is 1. The summed E-state index contributed by atoms with van der Waals surface area (Å²) in [5.74, 6) is 0.0501. The maximum absolute atomic E-state index is 11.1. The van der Waals surface area contributed by atoms with E-state index in [0.717, 1.165) is 12.8 Å². The van der Waals surface area contributed by atoms with Gasteiger partial charge in [0, 0.05) is 25.6 Å². The van der Waals surface area contributed by atoms with Crippen LogP contribution < -0.4 is 11.1 Å². The van der Waals surface area contributed by atoms with Crippen LogP contribution in [-0.2, 0) is 4.79 Å². The van der Waals surface area contributed by atoms with Crippen LogP contribution in [0.4, 0.5) is 0 Å². The molecule has 13 heavy (non-hydrogen) atoms. The molecule has 0 saturated heterocycles. The molecule has 0 aliphatic heterocycles. The first-order valence-corrected chi connectivity index (χ1v) is 4.80. The minimum absolute atomic E-state index is 0.0501. The lowest BCUT2D eigenvalue weighted by Crippen LogP contribution is -2.25. The van der Waals surface area contributed by atoms with Gasteiger partial charge in [-0.25, -0.2) is 0 Å². The molecule has 0 aliphatic rings. The van der Waals surface area contributed by atoms with Crippen molar-refractivity contribution >= 4 is 5.91 Å². The molecule has 1 amide bonds. The van der Waals surface area contributed by atoms with E-state index in [9.17, 15) is 4.79 Å². The molecule has 78 valence electrons. The van der Waals surface area contributed by atoms with Crippen LogP contribution in [0.1, 0.15) is 32.6 Å². The molecule has 0 radical (unpaired) electrons. The predicted octanol–water partition coefficient (Wildman–Crippen LogP) is 0.00250. The van der Waals surface area contributed by atoms with Crippen molar-refractivity contribution in [3.8, 4) is 0 Å². The van der Waals surface area contributed by atoms with Crippen molar-refractivity contribution in [2.45, 2.75) is 38.6 Å². The maximum atomic E-state index is 11.1. The molecule has 0 rings (SSSR count). The van der Waals surface area contributed by atoms with Crippen LogP contribution in [0, 0.1) is 0 Å². The largest absolute Gasteiger partial charge is 0.396 e. The molecule has 0 spiro atoms. The summed E-state index contributed by atoms with van der Waals surface area (Å²) in [6, 6.07) is 0.172. The number of amides is 1. The summed E-state index contributed by atoms with van der Waals surface area (Å²) in [5, 5.41) is 11.2. The highest BCUT2D eigenvalue weighted by Crippen LogP contribution is 1.97. The zero-order chi connectivity index (χ0) is 10.1. The lowest BCUT2D eigenvalue weighted by molar-refractivity contribution is -0.121. The lowest BCUT2D eigenvalue weighted by atomic mass is 10.1. The van der Waals surface area contributed by atoms with Crippen molar-refractivity contribution in [1.82, 2.24) is 5.32 Å². The molecule has 4 nitrogen and oxygen atoms in total. The fourth-order valence-corrected chi connectivity index (χ4v) is 0.980. The fraction of sp³-hybridized carbons (Fsp3) is 0.889. The minimum Gasteiger partial charge on any atom is -0.396 e. The van der Waals surface area contributed by atoms with Gasteiger partial charge >= 0.3 is 0 Å². The standard InChI is InChI=1S/C9H20N2O2/c1-8(10)4-2-5-9(13)11-6-3-7-12/h8,12H,2-7,10H2,1H3,(H,11,13). The molecule has 0 heterocycles. The Bertz CT molecular complexity index is 138. The van der Waals surface area contributed by atoms with Gasteiger partial charge < -0.3 is 16.2 Å². The van der Waals surface area contributed by atoms with Crippen LogP contribution in [0.15, 0.2) is 0 Å². The number of carbonyl (C=O) groups is 1. The Kier molecular flexibility index (Phi) is 7.63. The predicted molar refractivity (Wildman–Crippen MR) is 52.2 cm³/mol. The molecule has 0 aromatic carbocycles.